The molecule has 3 N–H and O–H groups in total. The van der Waals surface area contributed by atoms with Gasteiger partial charge in [0.2, 0.25) is 5.91 Å². The molecule has 1 aliphatic rings. The molecule has 0 radical (unpaired) electrons. The summed E-state index contributed by atoms with van der Waals surface area (Å²) in [4.78, 5) is 24.9. The Morgan fingerprint density at radius 3 is 2.62 bits per heavy atom. The SMILES string of the molecule is Nc1ccccc1SCC(=O)NC1=NN(c2ccccc2)C(=O)C1. The quantitative estimate of drug-likeness (QED) is 0.660. The molecule has 0 unspecified atom stereocenters. The zero-order valence-corrected chi connectivity index (χ0v) is 13.6. The van der Waals surface area contributed by atoms with Gasteiger partial charge in [0.25, 0.3) is 5.91 Å². The van der Waals surface area contributed by atoms with Crippen LogP contribution in [0.1, 0.15) is 6.42 Å². The maximum Gasteiger partial charge on any atom is 0.255 e. The molecule has 0 atom stereocenters. The molecule has 122 valence electrons. The monoisotopic (exact) mass is 340 g/mol. The Morgan fingerprint density at radius 2 is 1.88 bits per heavy atom. The molecule has 0 spiro atoms. The van der Waals surface area contributed by atoms with Crippen molar-refractivity contribution in [2.45, 2.75) is 11.3 Å². The third-order valence-corrected chi connectivity index (χ3v) is 4.43. The number of thioether (sulfide) groups is 1. The van der Waals surface area contributed by atoms with E-state index in [4.69, 9.17) is 5.73 Å². The number of amidine groups is 1. The highest BCUT2D eigenvalue weighted by Gasteiger charge is 2.26. The van der Waals surface area contributed by atoms with Crippen LogP contribution < -0.4 is 16.1 Å². The van der Waals surface area contributed by atoms with Crippen molar-refractivity contribution in [3.05, 3.63) is 54.6 Å². The molecular weight excluding hydrogens is 324 g/mol. The van der Waals surface area contributed by atoms with E-state index in [0.29, 0.717) is 17.2 Å². The number of amides is 2. The predicted octanol–water partition coefficient (Wildman–Crippen LogP) is 2.23. The minimum Gasteiger partial charge on any atom is -0.398 e. The number of hydrogen-bond acceptors (Lipinski definition) is 5. The van der Waals surface area contributed by atoms with Crippen LogP contribution >= 0.6 is 11.8 Å². The van der Waals surface area contributed by atoms with Crippen LogP contribution in [0.15, 0.2) is 64.6 Å². The van der Waals surface area contributed by atoms with E-state index in [9.17, 15) is 9.59 Å². The third kappa shape index (κ3) is 3.75. The van der Waals surface area contributed by atoms with Gasteiger partial charge in [0.05, 0.1) is 17.9 Å². The number of nitrogen functional groups attached to an aromatic ring is 1. The van der Waals surface area contributed by atoms with Crippen molar-refractivity contribution in [2.24, 2.45) is 5.10 Å². The molecule has 7 heteroatoms. The van der Waals surface area contributed by atoms with Gasteiger partial charge in [-0.15, -0.1) is 11.8 Å². The smallest absolute Gasteiger partial charge is 0.255 e. The van der Waals surface area contributed by atoms with Crippen molar-refractivity contribution in [1.82, 2.24) is 5.32 Å². The molecule has 0 fully saturated rings. The minimum absolute atomic E-state index is 0.0821. The van der Waals surface area contributed by atoms with Gasteiger partial charge < -0.3 is 11.1 Å². The molecule has 2 amide bonds. The van der Waals surface area contributed by atoms with Crippen LogP contribution in [0.25, 0.3) is 0 Å². The first-order valence-corrected chi connectivity index (χ1v) is 8.34. The minimum atomic E-state index is -0.218. The molecule has 6 nitrogen and oxygen atoms in total. The highest BCUT2D eigenvalue weighted by atomic mass is 32.2. The molecule has 24 heavy (non-hydrogen) atoms. The van der Waals surface area contributed by atoms with E-state index in [0.717, 1.165) is 4.90 Å². The van der Waals surface area contributed by atoms with Gasteiger partial charge >= 0.3 is 0 Å². The van der Waals surface area contributed by atoms with Gasteiger partial charge in [-0.05, 0) is 24.3 Å². The zero-order valence-electron chi connectivity index (χ0n) is 12.8. The molecule has 0 aliphatic carbocycles. The fourth-order valence-corrected chi connectivity index (χ4v) is 2.99. The van der Waals surface area contributed by atoms with E-state index >= 15 is 0 Å². The van der Waals surface area contributed by atoms with Crippen molar-refractivity contribution < 1.29 is 9.59 Å². The maximum atomic E-state index is 12.1. The van der Waals surface area contributed by atoms with E-state index in [1.165, 1.54) is 16.8 Å². The van der Waals surface area contributed by atoms with Crippen LogP contribution in [0.2, 0.25) is 0 Å². The Labute approximate surface area is 143 Å². The number of nitrogens with one attached hydrogen (secondary N) is 1. The second kappa shape index (κ2) is 7.18. The second-order valence-electron chi connectivity index (χ2n) is 5.14. The molecule has 0 saturated heterocycles. The molecule has 2 aromatic carbocycles. The van der Waals surface area contributed by atoms with E-state index in [2.05, 4.69) is 10.4 Å². The van der Waals surface area contributed by atoms with Gasteiger partial charge in [-0.25, -0.2) is 0 Å². The topological polar surface area (TPSA) is 87.8 Å². The van der Waals surface area contributed by atoms with Gasteiger partial charge in [0.1, 0.15) is 5.84 Å². The Hall–Kier alpha value is -2.80. The lowest BCUT2D eigenvalue weighted by Crippen LogP contribution is -2.31. The average Bonchev–Trinajstić information content (AvgIpc) is 2.95. The number of anilines is 2. The number of nitrogens with zero attached hydrogens (tertiary/aromatic N) is 2. The van der Waals surface area contributed by atoms with Gasteiger partial charge in [-0.2, -0.15) is 10.1 Å². The summed E-state index contributed by atoms with van der Waals surface area (Å²) in [5, 5.41) is 8.18. The predicted molar refractivity (Wildman–Crippen MR) is 95.7 cm³/mol. The number of rotatable bonds is 4. The molecule has 0 saturated carbocycles. The molecule has 1 heterocycles. The number of nitrogens with two attached hydrogens (primary N) is 1. The molecule has 0 bridgehead atoms. The highest BCUT2D eigenvalue weighted by Crippen LogP contribution is 2.24. The standard InChI is InChI=1S/C17H16N4O2S/c18-13-8-4-5-9-14(13)24-11-16(22)19-15-10-17(23)21(20-15)12-6-2-1-3-7-12/h1-9H,10-11,18H2,(H,19,20,22). The first-order valence-electron chi connectivity index (χ1n) is 7.36. The van der Waals surface area contributed by atoms with Crippen LogP contribution in [0, 0.1) is 0 Å². The number of carbonyl (C=O) groups excluding carboxylic acids is 2. The van der Waals surface area contributed by atoms with E-state index in [1.54, 1.807) is 18.2 Å². The number of carbonyl (C=O) groups is 2. The van der Waals surface area contributed by atoms with Gasteiger partial charge in [-0.1, -0.05) is 30.3 Å². The summed E-state index contributed by atoms with van der Waals surface area (Å²) in [6.07, 6.45) is 0.0821. The summed E-state index contributed by atoms with van der Waals surface area (Å²) in [5.74, 6) is 0.170. The van der Waals surface area contributed by atoms with Crippen molar-refractivity contribution in [1.29, 1.82) is 0 Å². The second-order valence-corrected chi connectivity index (χ2v) is 6.16. The van der Waals surface area contributed by atoms with E-state index < -0.39 is 0 Å². The van der Waals surface area contributed by atoms with Gasteiger partial charge in [-0.3, -0.25) is 9.59 Å². The van der Waals surface area contributed by atoms with Crippen LogP contribution in [0.3, 0.4) is 0 Å². The Kier molecular flexibility index (Phi) is 4.81. The summed E-state index contributed by atoms with van der Waals surface area (Å²) in [5.41, 5.74) is 7.16. The van der Waals surface area contributed by atoms with Gasteiger partial charge in [0, 0.05) is 10.6 Å². The summed E-state index contributed by atoms with van der Waals surface area (Å²) < 4.78 is 0. The van der Waals surface area contributed by atoms with Crippen molar-refractivity contribution in [2.75, 3.05) is 16.5 Å². The molecule has 2 aromatic rings. The Balaban J connectivity index is 1.59. The largest absolute Gasteiger partial charge is 0.398 e. The molecule has 3 rings (SSSR count). The van der Waals surface area contributed by atoms with Crippen LogP contribution in [0.5, 0.6) is 0 Å². The first kappa shape index (κ1) is 16.1. The van der Waals surface area contributed by atoms with Gasteiger partial charge in [0.15, 0.2) is 0 Å². The molecule has 1 aliphatic heterocycles. The zero-order chi connectivity index (χ0) is 16.9. The Morgan fingerprint density at radius 1 is 1.17 bits per heavy atom. The fraction of sp³-hybridized carbons (Fsp3) is 0.118. The number of hydrogen-bond donors (Lipinski definition) is 2. The molecular formula is C17H16N4O2S. The Bertz CT molecular complexity index is 792. The molecule has 0 aromatic heterocycles. The average molecular weight is 340 g/mol. The summed E-state index contributed by atoms with van der Waals surface area (Å²) >= 11 is 1.35. The number of benzene rings is 2. The number of hydrazone groups is 1. The lowest BCUT2D eigenvalue weighted by molar-refractivity contribution is -0.117. The summed E-state index contributed by atoms with van der Waals surface area (Å²) in [6.45, 7) is 0. The van der Waals surface area contributed by atoms with E-state index in [-0.39, 0.29) is 24.0 Å². The third-order valence-electron chi connectivity index (χ3n) is 3.34. The number of para-hydroxylation sites is 2. The fourth-order valence-electron chi connectivity index (χ4n) is 2.22. The van der Waals surface area contributed by atoms with Crippen LogP contribution in [-0.2, 0) is 9.59 Å². The van der Waals surface area contributed by atoms with Crippen LogP contribution in [0.4, 0.5) is 11.4 Å². The van der Waals surface area contributed by atoms with E-state index in [1.807, 2.05) is 36.4 Å². The lowest BCUT2D eigenvalue weighted by Gasteiger charge is -2.10. The first-order chi connectivity index (χ1) is 11.6. The van der Waals surface area contributed by atoms with Crippen molar-refractivity contribution in [3.8, 4) is 0 Å². The van der Waals surface area contributed by atoms with Crippen molar-refractivity contribution >= 4 is 40.8 Å². The maximum absolute atomic E-state index is 12.1. The van der Waals surface area contributed by atoms with Crippen LogP contribution in [-0.4, -0.2) is 23.4 Å². The van der Waals surface area contributed by atoms with Crippen molar-refractivity contribution in [3.63, 3.8) is 0 Å². The normalized spacial score (nSPS) is 13.8. The lowest BCUT2D eigenvalue weighted by atomic mass is 10.3. The summed E-state index contributed by atoms with van der Waals surface area (Å²) in [6, 6.07) is 16.5. The summed E-state index contributed by atoms with van der Waals surface area (Å²) in [7, 11) is 0. The highest BCUT2D eigenvalue weighted by molar-refractivity contribution is 8.00.